The normalized spacial score (nSPS) is 24.5. The minimum atomic E-state index is -3.71. The number of esters is 1. The molecule has 1 aromatic rings. The lowest BCUT2D eigenvalue weighted by atomic mass is 10.1. The number of hydrogen-bond acceptors (Lipinski definition) is 5. The van der Waals surface area contributed by atoms with E-state index in [0.29, 0.717) is 0 Å². The van der Waals surface area contributed by atoms with E-state index in [-0.39, 0.29) is 29.8 Å². The Morgan fingerprint density at radius 1 is 1.13 bits per heavy atom. The standard InChI is InChI=1S/C16H19NO5S/c1-22-16(19)13-9-17(15(18)11-7-8-11)10-14(13)23(20,21)12-5-3-2-4-6-12/h2-6,11,13-14H,7-10H2,1H3/t13-,14-/m1/s1. The first-order valence-corrected chi connectivity index (χ1v) is 9.15. The minimum Gasteiger partial charge on any atom is -0.469 e. The number of benzene rings is 1. The summed E-state index contributed by atoms with van der Waals surface area (Å²) in [7, 11) is -2.47. The van der Waals surface area contributed by atoms with E-state index in [2.05, 4.69) is 0 Å². The first-order chi connectivity index (χ1) is 10.9. The second-order valence-electron chi connectivity index (χ2n) is 6.04. The largest absolute Gasteiger partial charge is 0.469 e. The fourth-order valence-electron chi connectivity index (χ4n) is 3.02. The number of ether oxygens (including phenoxy) is 1. The van der Waals surface area contributed by atoms with Crippen LogP contribution in [-0.2, 0) is 24.2 Å². The van der Waals surface area contributed by atoms with Crippen molar-refractivity contribution in [2.45, 2.75) is 23.0 Å². The van der Waals surface area contributed by atoms with E-state index in [1.165, 1.54) is 24.1 Å². The van der Waals surface area contributed by atoms with Crippen molar-refractivity contribution in [2.24, 2.45) is 11.8 Å². The van der Waals surface area contributed by atoms with Crippen LogP contribution in [0.2, 0.25) is 0 Å². The first-order valence-electron chi connectivity index (χ1n) is 7.60. The maximum Gasteiger partial charge on any atom is 0.311 e. The Morgan fingerprint density at radius 2 is 1.78 bits per heavy atom. The van der Waals surface area contributed by atoms with Crippen LogP contribution in [-0.4, -0.2) is 50.6 Å². The maximum absolute atomic E-state index is 12.9. The average Bonchev–Trinajstić information content (AvgIpc) is 3.32. The summed E-state index contributed by atoms with van der Waals surface area (Å²) >= 11 is 0. The predicted octanol–water partition coefficient (Wildman–Crippen LogP) is 0.870. The fourth-order valence-corrected chi connectivity index (χ4v) is 4.91. The van der Waals surface area contributed by atoms with Gasteiger partial charge >= 0.3 is 5.97 Å². The number of carbonyl (C=O) groups is 2. The Kier molecular flexibility index (Phi) is 4.14. The van der Waals surface area contributed by atoms with Gasteiger partial charge in [-0.2, -0.15) is 0 Å². The summed E-state index contributed by atoms with van der Waals surface area (Å²) in [5.74, 6) is -1.48. The summed E-state index contributed by atoms with van der Waals surface area (Å²) in [4.78, 5) is 26.0. The topological polar surface area (TPSA) is 80.8 Å². The Hall–Kier alpha value is -1.89. The molecule has 0 N–H and O–H groups in total. The fraction of sp³-hybridized carbons (Fsp3) is 0.500. The molecule has 2 atom stereocenters. The van der Waals surface area contributed by atoms with Crippen molar-refractivity contribution < 1.29 is 22.7 Å². The number of amides is 1. The van der Waals surface area contributed by atoms with Crippen LogP contribution in [0.4, 0.5) is 0 Å². The molecule has 0 spiro atoms. The van der Waals surface area contributed by atoms with Gasteiger partial charge in [-0.15, -0.1) is 0 Å². The summed E-state index contributed by atoms with van der Waals surface area (Å²) in [5, 5.41) is -0.958. The monoisotopic (exact) mass is 337 g/mol. The highest BCUT2D eigenvalue weighted by molar-refractivity contribution is 7.92. The number of methoxy groups -OCH3 is 1. The first kappa shape index (κ1) is 16.0. The Bertz CT molecular complexity index is 711. The Morgan fingerprint density at radius 3 is 2.35 bits per heavy atom. The zero-order valence-electron chi connectivity index (χ0n) is 12.8. The number of hydrogen-bond donors (Lipinski definition) is 0. The zero-order valence-corrected chi connectivity index (χ0v) is 13.7. The van der Waals surface area contributed by atoms with Crippen LogP contribution in [0.3, 0.4) is 0 Å². The quantitative estimate of drug-likeness (QED) is 0.762. The SMILES string of the molecule is COC(=O)[C@@H]1CN(C(=O)C2CC2)C[C@H]1S(=O)(=O)c1ccccc1. The molecular formula is C16H19NO5S. The third-order valence-corrected chi connectivity index (χ3v) is 6.68. The lowest BCUT2D eigenvalue weighted by Gasteiger charge is -2.17. The summed E-state index contributed by atoms with van der Waals surface area (Å²) in [5.41, 5.74) is 0. The van der Waals surface area contributed by atoms with Gasteiger partial charge in [0.15, 0.2) is 9.84 Å². The van der Waals surface area contributed by atoms with Crippen LogP contribution in [0.15, 0.2) is 35.2 Å². The van der Waals surface area contributed by atoms with Crippen LogP contribution in [0, 0.1) is 11.8 Å². The summed E-state index contributed by atoms with van der Waals surface area (Å²) in [6.45, 7) is 0.158. The molecular weight excluding hydrogens is 318 g/mol. The number of carbonyl (C=O) groups excluding carboxylic acids is 2. The van der Waals surface area contributed by atoms with Gasteiger partial charge in [0.1, 0.15) is 0 Å². The summed E-state index contributed by atoms with van der Waals surface area (Å²) in [6, 6.07) is 8.03. The Labute approximate surface area is 135 Å². The van der Waals surface area contributed by atoms with Gasteiger partial charge in [0.25, 0.3) is 0 Å². The molecule has 0 aromatic heterocycles. The molecule has 3 rings (SSSR count). The molecule has 1 saturated heterocycles. The maximum atomic E-state index is 12.9. The highest BCUT2D eigenvalue weighted by Gasteiger charge is 2.49. The van der Waals surface area contributed by atoms with Gasteiger partial charge in [-0.1, -0.05) is 18.2 Å². The summed E-state index contributed by atoms with van der Waals surface area (Å²) < 4.78 is 30.5. The molecule has 1 heterocycles. The second-order valence-corrected chi connectivity index (χ2v) is 8.21. The number of rotatable bonds is 4. The van der Waals surface area contributed by atoms with E-state index >= 15 is 0 Å². The van der Waals surface area contributed by atoms with Crippen molar-refractivity contribution in [3.05, 3.63) is 30.3 Å². The van der Waals surface area contributed by atoms with E-state index in [9.17, 15) is 18.0 Å². The van der Waals surface area contributed by atoms with Crippen LogP contribution in [0.25, 0.3) is 0 Å². The molecule has 0 radical (unpaired) electrons. The van der Waals surface area contributed by atoms with Gasteiger partial charge in [0, 0.05) is 19.0 Å². The third-order valence-electron chi connectivity index (χ3n) is 4.48. The smallest absolute Gasteiger partial charge is 0.311 e. The van der Waals surface area contributed by atoms with Gasteiger partial charge in [-0.05, 0) is 25.0 Å². The average molecular weight is 337 g/mol. The van der Waals surface area contributed by atoms with Crippen LogP contribution < -0.4 is 0 Å². The molecule has 1 amide bonds. The second kappa shape index (κ2) is 5.96. The van der Waals surface area contributed by atoms with Crippen molar-refractivity contribution in [2.75, 3.05) is 20.2 Å². The van der Waals surface area contributed by atoms with Gasteiger partial charge < -0.3 is 9.64 Å². The third kappa shape index (κ3) is 2.97. The molecule has 2 fully saturated rings. The van der Waals surface area contributed by atoms with Crippen LogP contribution >= 0.6 is 0 Å². The molecule has 0 bridgehead atoms. The number of likely N-dealkylation sites (tertiary alicyclic amines) is 1. The molecule has 23 heavy (non-hydrogen) atoms. The highest BCUT2D eigenvalue weighted by Crippen LogP contribution is 2.35. The molecule has 1 aliphatic carbocycles. The van der Waals surface area contributed by atoms with Crippen LogP contribution in [0.1, 0.15) is 12.8 Å². The van der Waals surface area contributed by atoms with E-state index in [0.717, 1.165) is 12.8 Å². The number of nitrogens with zero attached hydrogens (tertiary/aromatic N) is 1. The van der Waals surface area contributed by atoms with Crippen molar-refractivity contribution in [1.29, 1.82) is 0 Å². The number of sulfone groups is 1. The molecule has 7 heteroatoms. The van der Waals surface area contributed by atoms with Crippen molar-refractivity contribution in [1.82, 2.24) is 4.90 Å². The van der Waals surface area contributed by atoms with Gasteiger partial charge in [-0.3, -0.25) is 9.59 Å². The van der Waals surface area contributed by atoms with Gasteiger partial charge in [-0.25, -0.2) is 8.42 Å². The molecule has 2 aliphatic rings. The zero-order chi connectivity index (χ0) is 16.6. The predicted molar refractivity (Wildman–Crippen MR) is 82.2 cm³/mol. The van der Waals surface area contributed by atoms with Crippen molar-refractivity contribution in [3.8, 4) is 0 Å². The molecule has 6 nitrogen and oxygen atoms in total. The molecule has 124 valence electrons. The minimum absolute atomic E-state index is 0.00789. The lowest BCUT2D eigenvalue weighted by Crippen LogP contribution is -2.35. The van der Waals surface area contributed by atoms with E-state index in [1.807, 2.05) is 0 Å². The van der Waals surface area contributed by atoms with Crippen molar-refractivity contribution >= 4 is 21.7 Å². The molecule has 1 aliphatic heterocycles. The molecule has 0 unspecified atom stereocenters. The summed E-state index contributed by atoms with van der Waals surface area (Å²) in [6.07, 6.45) is 1.68. The van der Waals surface area contributed by atoms with Crippen LogP contribution in [0.5, 0.6) is 0 Å². The van der Waals surface area contributed by atoms with E-state index in [4.69, 9.17) is 4.74 Å². The highest BCUT2D eigenvalue weighted by atomic mass is 32.2. The Balaban J connectivity index is 1.91. The van der Waals surface area contributed by atoms with Gasteiger partial charge in [0.05, 0.1) is 23.2 Å². The van der Waals surface area contributed by atoms with E-state index in [1.54, 1.807) is 18.2 Å². The lowest BCUT2D eigenvalue weighted by molar-refractivity contribution is -0.145. The molecule has 1 saturated carbocycles. The molecule has 1 aromatic carbocycles. The van der Waals surface area contributed by atoms with Crippen molar-refractivity contribution in [3.63, 3.8) is 0 Å². The van der Waals surface area contributed by atoms with E-state index < -0.39 is 27.0 Å². The van der Waals surface area contributed by atoms with Gasteiger partial charge in [0.2, 0.25) is 5.91 Å².